The fourth-order valence-corrected chi connectivity index (χ4v) is 3.56. The van der Waals surface area contributed by atoms with Gasteiger partial charge in [0.1, 0.15) is 0 Å². The summed E-state index contributed by atoms with van der Waals surface area (Å²) in [6.45, 7) is 3.19. The predicted molar refractivity (Wildman–Crippen MR) is 103 cm³/mol. The van der Waals surface area contributed by atoms with Gasteiger partial charge < -0.3 is 19.4 Å². The van der Waals surface area contributed by atoms with Gasteiger partial charge in [0.2, 0.25) is 5.91 Å². The van der Waals surface area contributed by atoms with Crippen LogP contribution in [-0.2, 0) is 27.2 Å². The van der Waals surface area contributed by atoms with E-state index in [1.54, 1.807) is 13.2 Å². The van der Waals surface area contributed by atoms with E-state index in [-0.39, 0.29) is 11.9 Å². The van der Waals surface area contributed by atoms with Gasteiger partial charge in [-0.25, -0.2) is 4.79 Å². The molecule has 7 heteroatoms. The molecule has 2 heterocycles. The molecule has 1 aromatic heterocycles. The summed E-state index contributed by atoms with van der Waals surface area (Å²) in [7, 11) is 5.02. The molecule has 0 fully saturated rings. The second kappa shape index (κ2) is 8.54. The zero-order valence-electron chi connectivity index (χ0n) is 16.2. The lowest BCUT2D eigenvalue weighted by Gasteiger charge is -2.29. The Balaban J connectivity index is 1.72. The number of rotatable bonds is 7. The van der Waals surface area contributed by atoms with Crippen molar-refractivity contribution < 1.29 is 19.1 Å². The average Bonchev–Trinajstić information content (AvgIpc) is 3.04. The van der Waals surface area contributed by atoms with Crippen LogP contribution in [0.15, 0.2) is 18.2 Å². The Kier molecular flexibility index (Phi) is 6.13. The number of esters is 1. The van der Waals surface area contributed by atoms with E-state index in [1.807, 2.05) is 29.0 Å². The normalized spacial score (nSPS) is 13.9. The van der Waals surface area contributed by atoms with Crippen molar-refractivity contribution in [2.45, 2.75) is 19.4 Å². The monoisotopic (exact) mass is 373 g/mol. The van der Waals surface area contributed by atoms with Crippen LogP contribution in [0.3, 0.4) is 0 Å². The highest BCUT2D eigenvalue weighted by Gasteiger charge is 2.25. The number of benzene rings is 1. The van der Waals surface area contributed by atoms with Crippen LogP contribution < -0.4 is 0 Å². The van der Waals surface area contributed by atoms with Gasteiger partial charge in [-0.05, 0) is 31.7 Å². The lowest BCUT2D eigenvalue weighted by molar-refractivity contribution is -0.133. The number of fused-ring (bicyclic) bond motifs is 3. The number of amides is 1. The first-order chi connectivity index (χ1) is 13.0. The third kappa shape index (κ3) is 4.31. The molecular formula is C20H27N3O4. The lowest BCUT2D eigenvalue weighted by atomic mass is 10.0. The molecule has 1 N–H and O–H groups in total. The Hall–Kier alpha value is -2.38. The van der Waals surface area contributed by atoms with E-state index in [1.165, 1.54) is 7.11 Å². The first-order valence-electron chi connectivity index (χ1n) is 9.20. The van der Waals surface area contributed by atoms with Crippen molar-refractivity contribution in [1.29, 1.82) is 0 Å². The zero-order chi connectivity index (χ0) is 19.4. The molecule has 146 valence electrons. The number of hydrogen-bond donors (Lipinski definition) is 1. The Bertz CT molecular complexity index is 830. The fraction of sp³-hybridized carbons (Fsp3) is 0.500. The maximum absolute atomic E-state index is 12.7. The number of ether oxygens (including phenoxy) is 2. The standard InChI is InChI=1S/C20H27N3O4/c1-22(8-4-10-26-2)13-19(24)23-9-7-18-16(12-23)15-11-14(20(25)27-3)5-6-17(15)21-18/h5-6,11,21H,4,7-10,12-13H2,1-3H3. The van der Waals surface area contributed by atoms with Crippen LogP contribution in [0.25, 0.3) is 10.9 Å². The maximum Gasteiger partial charge on any atom is 0.337 e. The molecule has 0 atom stereocenters. The molecule has 7 nitrogen and oxygen atoms in total. The minimum Gasteiger partial charge on any atom is -0.465 e. The van der Waals surface area contributed by atoms with E-state index in [4.69, 9.17) is 9.47 Å². The Labute approximate surface area is 159 Å². The van der Waals surface area contributed by atoms with E-state index in [9.17, 15) is 9.59 Å². The number of likely N-dealkylation sites (N-methyl/N-ethyl adjacent to an activating group) is 1. The van der Waals surface area contributed by atoms with Crippen molar-refractivity contribution in [3.05, 3.63) is 35.0 Å². The summed E-state index contributed by atoms with van der Waals surface area (Å²) in [5.74, 6) is -0.229. The average molecular weight is 373 g/mol. The van der Waals surface area contributed by atoms with Gasteiger partial charge in [-0.1, -0.05) is 0 Å². The van der Waals surface area contributed by atoms with Crippen molar-refractivity contribution in [3.8, 4) is 0 Å². The number of H-pyrrole nitrogens is 1. The lowest BCUT2D eigenvalue weighted by Crippen LogP contribution is -2.41. The third-order valence-electron chi connectivity index (χ3n) is 5.04. The first-order valence-corrected chi connectivity index (χ1v) is 9.20. The summed E-state index contributed by atoms with van der Waals surface area (Å²) in [4.78, 5) is 31.9. The molecule has 0 saturated heterocycles. The summed E-state index contributed by atoms with van der Waals surface area (Å²) in [6, 6.07) is 5.50. The molecule has 1 aliphatic rings. The summed E-state index contributed by atoms with van der Waals surface area (Å²) < 4.78 is 9.88. The van der Waals surface area contributed by atoms with E-state index in [0.717, 1.165) is 41.5 Å². The molecule has 0 unspecified atom stereocenters. The van der Waals surface area contributed by atoms with Gasteiger partial charge in [-0.2, -0.15) is 0 Å². The Morgan fingerprint density at radius 1 is 1.30 bits per heavy atom. The van der Waals surface area contributed by atoms with Crippen LogP contribution in [0.5, 0.6) is 0 Å². The van der Waals surface area contributed by atoms with Crippen molar-refractivity contribution in [2.75, 3.05) is 47.5 Å². The van der Waals surface area contributed by atoms with Crippen LogP contribution in [-0.4, -0.2) is 74.2 Å². The second-order valence-electron chi connectivity index (χ2n) is 6.98. The molecule has 1 amide bonds. The predicted octanol–water partition coefficient (Wildman–Crippen LogP) is 1.81. The molecule has 0 aliphatic carbocycles. The van der Waals surface area contributed by atoms with Crippen LogP contribution in [0.2, 0.25) is 0 Å². The number of nitrogens with zero attached hydrogens (tertiary/aromatic N) is 2. The smallest absolute Gasteiger partial charge is 0.337 e. The number of nitrogens with one attached hydrogen (secondary N) is 1. The van der Waals surface area contributed by atoms with E-state index >= 15 is 0 Å². The molecule has 1 aliphatic heterocycles. The summed E-state index contributed by atoms with van der Waals surface area (Å²) in [5.41, 5.74) is 3.74. The second-order valence-corrected chi connectivity index (χ2v) is 6.98. The largest absolute Gasteiger partial charge is 0.465 e. The van der Waals surface area contributed by atoms with Gasteiger partial charge in [-0.15, -0.1) is 0 Å². The number of carbonyl (C=O) groups excluding carboxylic acids is 2. The van der Waals surface area contributed by atoms with Gasteiger partial charge >= 0.3 is 5.97 Å². The topological polar surface area (TPSA) is 74.9 Å². The third-order valence-corrected chi connectivity index (χ3v) is 5.04. The molecule has 0 bridgehead atoms. The molecule has 2 aromatic rings. The highest BCUT2D eigenvalue weighted by atomic mass is 16.5. The molecule has 0 spiro atoms. The number of methoxy groups -OCH3 is 2. The van der Waals surface area contributed by atoms with Crippen molar-refractivity contribution >= 4 is 22.8 Å². The molecule has 3 rings (SSSR count). The van der Waals surface area contributed by atoms with Gasteiger partial charge in [0.05, 0.1) is 19.2 Å². The Morgan fingerprint density at radius 2 is 2.11 bits per heavy atom. The fourth-order valence-electron chi connectivity index (χ4n) is 3.56. The first kappa shape index (κ1) is 19.4. The zero-order valence-corrected chi connectivity index (χ0v) is 16.2. The van der Waals surface area contributed by atoms with Crippen molar-refractivity contribution in [2.24, 2.45) is 0 Å². The summed E-state index contributed by atoms with van der Waals surface area (Å²) in [5, 5.41) is 0.985. The van der Waals surface area contributed by atoms with Crippen molar-refractivity contribution in [1.82, 2.24) is 14.8 Å². The number of aromatic nitrogens is 1. The maximum atomic E-state index is 12.7. The van der Waals surface area contributed by atoms with Crippen molar-refractivity contribution in [3.63, 3.8) is 0 Å². The molecule has 0 saturated carbocycles. The number of hydrogen-bond acceptors (Lipinski definition) is 5. The summed E-state index contributed by atoms with van der Waals surface area (Å²) >= 11 is 0. The van der Waals surface area contributed by atoms with Gasteiger partial charge in [0, 0.05) is 61.9 Å². The minimum atomic E-state index is -0.353. The Morgan fingerprint density at radius 3 is 2.85 bits per heavy atom. The number of carbonyl (C=O) groups is 2. The van der Waals surface area contributed by atoms with Crippen LogP contribution in [0.1, 0.15) is 28.0 Å². The van der Waals surface area contributed by atoms with E-state index in [2.05, 4.69) is 4.98 Å². The SMILES string of the molecule is COCCCN(C)CC(=O)N1CCc2[nH]c3ccc(C(=O)OC)cc3c2C1. The van der Waals surface area contributed by atoms with Crippen LogP contribution in [0.4, 0.5) is 0 Å². The van der Waals surface area contributed by atoms with Crippen LogP contribution >= 0.6 is 0 Å². The van der Waals surface area contributed by atoms with E-state index in [0.29, 0.717) is 31.8 Å². The minimum absolute atomic E-state index is 0.124. The van der Waals surface area contributed by atoms with Gasteiger partial charge in [-0.3, -0.25) is 9.69 Å². The van der Waals surface area contributed by atoms with Crippen LogP contribution in [0, 0.1) is 0 Å². The highest BCUT2D eigenvalue weighted by Crippen LogP contribution is 2.28. The molecule has 27 heavy (non-hydrogen) atoms. The molecule has 0 radical (unpaired) electrons. The number of aromatic amines is 1. The van der Waals surface area contributed by atoms with E-state index < -0.39 is 0 Å². The van der Waals surface area contributed by atoms with Gasteiger partial charge in [0.15, 0.2) is 0 Å². The highest BCUT2D eigenvalue weighted by molar-refractivity contribution is 5.96. The molecule has 1 aromatic carbocycles. The summed E-state index contributed by atoms with van der Waals surface area (Å²) in [6.07, 6.45) is 1.69. The van der Waals surface area contributed by atoms with Gasteiger partial charge in [0.25, 0.3) is 0 Å². The quantitative estimate of drug-likeness (QED) is 0.592. The molecular weight excluding hydrogens is 346 g/mol.